The molecule has 1 fully saturated rings. The number of amides is 1. The van der Waals surface area contributed by atoms with Gasteiger partial charge in [0.25, 0.3) is 5.91 Å². The lowest BCUT2D eigenvalue weighted by Gasteiger charge is -2.44. The number of methoxy groups -OCH3 is 1. The second-order valence-corrected chi connectivity index (χ2v) is 10.6. The molecule has 1 N–H and O–H groups in total. The zero-order valence-corrected chi connectivity index (χ0v) is 27.6. The Labute approximate surface area is 247 Å². The molecule has 5 atom stereocenters. The van der Waals surface area contributed by atoms with Crippen molar-refractivity contribution in [1.82, 2.24) is 15.1 Å². The normalized spacial score (nSPS) is 20.8. The Morgan fingerprint density at radius 3 is 2.27 bits per heavy atom. The second-order valence-electron chi connectivity index (χ2n) is 10.6. The van der Waals surface area contributed by atoms with Gasteiger partial charge in [-0.1, -0.05) is 58.1 Å². The molecule has 1 saturated heterocycles. The monoisotopic (exact) mass is 562 g/mol. The third-order valence-corrected chi connectivity index (χ3v) is 7.45. The Balaban J connectivity index is 0. The van der Waals surface area contributed by atoms with E-state index < -0.39 is 0 Å². The highest BCUT2D eigenvalue weighted by molar-refractivity contribution is 5.93. The molecule has 0 bridgehead atoms. The molecule has 0 saturated carbocycles. The number of aliphatic imine (C=N–C) groups is 1. The van der Waals surface area contributed by atoms with E-state index in [2.05, 4.69) is 100 Å². The molecule has 0 aliphatic carbocycles. The van der Waals surface area contributed by atoms with E-state index in [0.717, 1.165) is 51.8 Å². The summed E-state index contributed by atoms with van der Waals surface area (Å²) >= 11 is 0. The van der Waals surface area contributed by atoms with Crippen molar-refractivity contribution in [3.63, 3.8) is 0 Å². The van der Waals surface area contributed by atoms with Gasteiger partial charge in [0.05, 0.1) is 19.5 Å². The highest BCUT2D eigenvalue weighted by atomic mass is 16.5. The lowest BCUT2D eigenvalue weighted by Crippen LogP contribution is -2.54. The van der Waals surface area contributed by atoms with Crippen LogP contribution in [-0.4, -0.2) is 87.6 Å². The predicted octanol–water partition coefficient (Wildman–Crippen LogP) is 6.64. The smallest absolute Gasteiger partial charge is 0.269 e. The van der Waals surface area contributed by atoms with Gasteiger partial charge in [-0.3, -0.25) is 14.7 Å². The molecule has 5 unspecified atom stereocenters. The minimum atomic E-state index is -0.214. The Morgan fingerprint density at radius 2 is 1.80 bits per heavy atom. The quantitative estimate of drug-likeness (QED) is 0.0751. The van der Waals surface area contributed by atoms with E-state index in [4.69, 9.17) is 4.74 Å². The van der Waals surface area contributed by atoms with Crippen LogP contribution in [0.2, 0.25) is 0 Å². The van der Waals surface area contributed by atoms with Gasteiger partial charge in [0.2, 0.25) is 0 Å². The van der Waals surface area contributed by atoms with Gasteiger partial charge in [-0.2, -0.15) is 0 Å². The van der Waals surface area contributed by atoms with Crippen LogP contribution in [0.25, 0.3) is 0 Å². The highest BCUT2D eigenvalue weighted by Crippen LogP contribution is 2.29. The number of likely N-dealkylation sites (tertiary alicyclic amines) is 1. The molecule has 0 spiro atoms. The summed E-state index contributed by atoms with van der Waals surface area (Å²) in [6.07, 6.45) is 8.46. The SMILES string of the molecule is C=CC(OCCCCN(C)C)C(C)/C(C)=C(\C)CN1C(C)CC(NC(=O)C(=C)N=C)CC1CC.C=COC.CC. The van der Waals surface area contributed by atoms with Crippen molar-refractivity contribution in [3.05, 3.63) is 48.9 Å². The lowest BCUT2D eigenvalue weighted by molar-refractivity contribution is -0.118. The molecule has 1 amide bonds. The van der Waals surface area contributed by atoms with Crippen molar-refractivity contribution in [3.8, 4) is 0 Å². The molecule has 40 heavy (non-hydrogen) atoms. The van der Waals surface area contributed by atoms with Crippen LogP contribution in [0, 0.1) is 5.92 Å². The summed E-state index contributed by atoms with van der Waals surface area (Å²) < 4.78 is 10.5. The number of hydrogen-bond acceptors (Lipinski definition) is 6. The highest BCUT2D eigenvalue weighted by Gasteiger charge is 2.33. The molecule has 7 nitrogen and oxygen atoms in total. The molecular formula is C33H62N4O3. The minimum Gasteiger partial charge on any atom is -0.505 e. The number of piperidine rings is 1. The summed E-state index contributed by atoms with van der Waals surface area (Å²) in [7, 11) is 5.77. The first-order valence-corrected chi connectivity index (χ1v) is 14.9. The Morgan fingerprint density at radius 1 is 1.20 bits per heavy atom. The van der Waals surface area contributed by atoms with Gasteiger partial charge >= 0.3 is 0 Å². The van der Waals surface area contributed by atoms with E-state index in [1.165, 1.54) is 17.4 Å². The van der Waals surface area contributed by atoms with Crippen molar-refractivity contribution in [2.45, 2.75) is 105 Å². The molecule has 1 aliphatic rings. The van der Waals surface area contributed by atoms with Gasteiger partial charge < -0.3 is 19.7 Å². The first-order valence-electron chi connectivity index (χ1n) is 14.9. The molecular weight excluding hydrogens is 500 g/mol. The topological polar surface area (TPSA) is 66.4 Å². The van der Waals surface area contributed by atoms with Crippen LogP contribution < -0.4 is 5.32 Å². The van der Waals surface area contributed by atoms with Gasteiger partial charge in [-0.15, -0.1) is 6.58 Å². The standard InChI is InChI=1S/C28H50N4O2.C3H6O.C2H6/c1-11-26-18-25(30-28(33)24(7)29-8)17-21(4)32(26)19-20(3)22(5)23(6)27(12-2)34-16-14-13-15-31(9)10;1-3-4-2;1-2/h12,21,23,25-27H,2,7-8,11,13-19H2,1,3-6,9-10H3,(H,30,33);3H,1H2,2H3;1-2H3/b22-20+;;. The molecule has 1 heterocycles. The predicted molar refractivity (Wildman–Crippen MR) is 174 cm³/mol. The Bertz CT molecular complexity index is 778. The van der Waals surface area contributed by atoms with Crippen LogP contribution in [0.4, 0.5) is 0 Å². The van der Waals surface area contributed by atoms with Gasteiger partial charge in [0.1, 0.15) is 5.70 Å². The second kappa shape index (κ2) is 23.5. The van der Waals surface area contributed by atoms with Crippen molar-refractivity contribution in [2.75, 3.05) is 40.9 Å². The van der Waals surface area contributed by atoms with Crippen molar-refractivity contribution >= 4 is 12.6 Å². The third-order valence-electron chi connectivity index (χ3n) is 7.45. The summed E-state index contributed by atoms with van der Waals surface area (Å²) in [6.45, 7) is 32.4. The van der Waals surface area contributed by atoms with E-state index in [1.54, 1.807) is 7.11 Å². The maximum atomic E-state index is 12.2. The summed E-state index contributed by atoms with van der Waals surface area (Å²) in [6, 6.07) is 0.924. The maximum Gasteiger partial charge on any atom is 0.269 e. The van der Waals surface area contributed by atoms with E-state index in [1.807, 2.05) is 19.9 Å². The van der Waals surface area contributed by atoms with Crippen molar-refractivity contribution < 1.29 is 14.3 Å². The molecule has 1 aliphatic heterocycles. The lowest BCUT2D eigenvalue weighted by atomic mass is 9.88. The van der Waals surface area contributed by atoms with Gasteiger partial charge in [0, 0.05) is 37.2 Å². The van der Waals surface area contributed by atoms with E-state index in [-0.39, 0.29) is 29.7 Å². The van der Waals surface area contributed by atoms with E-state index >= 15 is 0 Å². The molecule has 1 rings (SSSR count). The fraction of sp³-hybridized carbons (Fsp3) is 0.697. The van der Waals surface area contributed by atoms with E-state index in [0.29, 0.717) is 12.1 Å². The Hall–Kier alpha value is -2.22. The van der Waals surface area contributed by atoms with Crippen LogP contribution in [0.15, 0.2) is 53.9 Å². The van der Waals surface area contributed by atoms with Crippen LogP contribution >= 0.6 is 0 Å². The average Bonchev–Trinajstić information content (AvgIpc) is 2.95. The van der Waals surface area contributed by atoms with Gasteiger partial charge in [-0.25, -0.2) is 0 Å². The van der Waals surface area contributed by atoms with E-state index in [9.17, 15) is 4.79 Å². The first kappa shape index (κ1) is 39.9. The number of carbonyl (C=O) groups excluding carboxylic acids is 1. The number of ether oxygens (including phenoxy) is 2. The number of nitrogens with zero attached hydrogens (tertiary/aromatic N) is 3. The summed E-state index contributed by atoms with van der Waals surface area (Å²) in [4.78, 5) is 20.7. The number of hydrogen-bond donors (Lipinski definition) is 1. The number of rotatable bonds is 16. The third kappa shape index (κ3) is 15.5. The maximum absolute atomic E-state index is 12.2. The average molecular weight is 563 g/mol. The van der Waals surface area contributed by atoms with Crippen LogP contribution in [0.1, 0.15) is 80.6 Å². The van der Waals surface area contributed by atoms with Gasteiger partial charge in [-0.05, 0) is 80.2 Å². The van der Waals surface area contributed by atoms with Crippen LogP contribution in [0.3, 0.4) is 0 Å². The molecule has 0 aromatic carbocycles. The minimum absolute atomic E-state index is 0.0289. The zero-order valence-electron chi connectivity index (χ0n) is 27.6. The summed E-state index contributed by atoms with van der Waals surface area (Å²) in [5, 5.41) is 3.10. The molecule has 232 valence electrons. The molecule has 0 aromatic heterocycles. The zero-order chi connectivity index (χ0) is 31.3. The first-order chi connectivity index (χ1) is 19.0. The summed E-state index contributed by atoms with van der Waals surface area (Å²) in [5.74, 6) is 0.0735. The molecule has 0 radical (unpaired) electrons. The molecule has 0 aromatic rings. The largest absolute Gasteiger partial charge is 0.505 e. The van der Waals surface area contributed by atoms with Crippen molar-refractivity contribution in [2.24, 2.45) is 10.9 Å². The fourth-order valence-electron chi connectivity index (χ4n) is 4.81. The number of carbonyl (C=O) groups is 1. The van der Waals surface area contributed by atoms with Crippen LogP contribution in [-0.2, 0) is 14.3 Å². The fourth-order valence-corrected chi connectivity index (χ4v) is 4.81. The van der Waals surface area contributed by atoms with Crippen LogP contribution in [0.5, 0.6) is 0 Å². The number of nitrogens with one attached hydrogen (secondary N) is 1. The van der Waals surface area contributed by atoms with Crippen molar-refractivity contribution in [1.29, 1.82) is 0 Å². The number of unbranched alkanes of at least 4 members (excludes halogenated alkanes) is 1. The summed E-state index contributed by atoms with van der Waals surface area (Å²) in [5.41, 5.74) is 2.96. The Kier molecular flexibility index (Phi) is 23.4. The molecule has 7 heteroatoms. The van der Waals surface area contributed by atoms with Gasteiger partial charge in [0.15, 0.2) is 0 Å².